The van der Waals surface area contributed by atoms with Gasteiger partial charge in [-0.05, 0) is 31.2 Å². The van der Waals surface area contributed by atoms with Crippen LogP contribution in [0, 0.1) is 5.82 Å². The molecule has 0 saturated heterocycles. The van der Waals surface area contributed by atoms with Crippen molar-refractivity contribution in [2.24, 2.45) is 5.10 Å². The van der Waals surface area contributed by atoms with E-state index in [0.717, 1.165) is 0 Å². The fourth-order valence-corrected chi connectivity index (χ4v) is 1.69. The Labute approximate surface area is 115 Å². The first kappa shape index (κ1) is 13.7. The Morgan fingerprint density at radius 1 is 1.20 bits per heavy atom. The van der Waals surface area contributed by atoms with Crippen LogP contribution in [0.15, 0.2) is 53.6 Å². The summed E-state index contributed by atoms with van der Waals surface area (Å²) in [4.78, 5) is 11.0. The molecule has 0 aliphatic heterocycles. The van der Waals surface area contributed by atoms with Crippen molar-refractivity contribution in [3.63, 3.8) is 0 Å². The van der Waals surface area contributed by atoms with Gasteiger partial charge in [0.25, 0.3) is 0 Å². The normalized spacial score (nSPS) is 11.2. The third kappa shape index (κ3) is 3.20. The molecule has 0 unspecified atom stereocenters. The topological polar surface area (TPSA) is 61.7 Å². The second-order valence-electron chi connectivity index (χ2n) is 4.17. The lowest BCUT2D eigenvalue weighted by Crippen LogP contribution is -2.04. The van der Waals surface area contributed by atoms with Crippen molar-refractivity contribution in [3.8, 4) is 0 Å². The number of carboxylic acids is 1. The summed E-state index contributed by atoms with van der Waals surface area (Å²) in [6, 6.07) is 12.5. The molecule has 0 aliphatic carbocycles. The zero-order valence-corrected chi connectivity index (χ0v) is 10.8. The molecule has 0 aliphatic rings. The van der Waals surface area contributed by atoms with E-state index in [1.165, 1.54) is 18.2 Å². The molecule has 4 nitrogen and oxygen atoms in total. The van der Waals surface area contributed by atoms with Gasteiger partial charge in [0.2, 0.25) is 0 Å². The maximum absolute atomic E-state index is 13.1. The molecule has 20 heavy (non-hydrogen) atoms. The molecule has 2 aromatic rings. The molecule has 0 saturated carbocycles. The highest BCUT2D eigenvalue weighted by Gasteiger charge is 2.08. The van der Waals surface area contributed by atoms with Gasteiger partial charge in [0.1, 0.15) is 5.82 Å². The summed E-state index contributed by atoms with van der Waals surface area (Å²) in [6.45, 7) is 1.71. The van der Waals surface area contributed by atoms with Gasteiger partial charge in [0.15, 0.2) is 0 Å². The number of carboxylic acid groups (broad SMARTS) is 1. The number of nitrogens with one attached hydrogen (secondary N) is 1. The van der Waals surface area contributed by atoms with Crippen molar-refractivity contribution in [2.75, 3.05) is 5.43 Å². The predicted octanol–water partition coefficient (Wildman–Crippen LogP) is 3.36. The number of aromatic carboxylic acids is 1. The predicted molar refractivity (Wildman–Crippen MR) is 75.6 cm³/mol. The van der Waals surface area contributed by atoms with E-state index in [1.54, 1.807) is 37.3 Å². The third-order valence-electron chi connectivity index (χ3n) is 2.74. The van der Waals surface area contributed by atoms with Gasteiger partial charge in [-0.3, -0.25) is 5.43 Å². The second-order valence-corrected chi connectivity index (χ2v) is 4.17. The molecule has 2 aromatic carbocycles. The summed E-state index contributed by atoms with van der Waals surface area (Å²) in [6.07, 6.45) is 0. The van der Waals surface area contributed by atoms with Gasteiger partial charge in [-0.25, -0.2) is 9.18 Å². The quantitative estimate of drug-likeness (QED) is 0.662. The van der Waals surface area contributed by atoms with Crippen molar-refractivity contribution < 1.29 is 14.3 Å². The van der Waals surface area contributed by atoms with Crippen molar-refractivity contribution >= 4 is 17.4 Å². The monoisotopic (exact) mass is 272 g/mol. The Morgan fingerprint density at radius 3 is 2.65 bits per heavy atom. The fraction of sp³-hybridized carbons (Fsp3) is 0.0667. The molecule has 0 heterocycles. The van der Waals surface area contributed by atoms with Crippen LogP contribution in [-0.2, 0) is 0 Å². The van der Waals surface area contributed by atoms with Crippen LogP contribution in [0.25, 0.3) is 0 Å². The van der Waals surface area contributed by atoms with Crippen molar-refractivity contribution in [1.82, 2.24) is 0 Å². The number of hydrogen-bond acceptors (Lipinski definition) is 3. The van der Waals surface area contributed by atoms with E-state index in [1.807, 2.05) is 0 Å². The van der Waals surface area contributed by atoms with E-state index in [0.29, 0.717) is 17.0 Å². The number of carbonyl (C=O) groups is 1. The summed E-state index contributed by atoms with van der Waals surface area (Å²) in [5.41, 5.74) is 4.40. The van der Waals surface area contributed by atoms with Gasteiger partial charge in [0.05, 0.1) is 17.0 Å². The van der Waals surface area contributed by atoms with Crippen molar-refractivity contribution in [1.29, 1.82) is 0 Å². The van der Waals surface area contributed by atoms with Crippen LogP contribution in [-0.4, -0.2) is 16.8 Å². The average molecular weight is 272 g/mol. The van der Waals surface area contributed by atoms with Crippen LogP contribution >= 0.6 is 0 Å². The zero-order chi connectivity index (χ0) is 14.5. The lowest BCUT2D eigenvalue weighted by atomic mass is 10.1. The number of nitrogens with zero attached hydrogens (tertiary/aromatic N) is 1. The molecule has 0 amide bonds. The van der Waals surface area contributed by atoms with E-state index >= 15 is 0 Å². The number of para-hydroxylation sites is 1. The Kier molecular flexibility index (Phi) is 4.10. The molecular formula is C15H13FN2O2. The van der Waals surface area contributed by atoms with E-state index < -0.39 is 5.97 Å². The zero-order valence-electron chi connectivity index (χ0n) is 10.8. The van der Waals surface area contributed by atoms with Crippen LogP contribution in [0.2, 0.25) is 0 Å². The number of halogens is 1. The summed E-state index contributed by atoms with van der Waals surface area (Å²) in [5.74, 6) is -1.38. The SMILES string of the molecule is C/C(=N\Nc1ccccc1C(=O)O)c1cccc(F)c1. The summed E-state index contributed by atoms with van der Waals surface area (Å²) in [5, 5.41) is 13.1. The van der Waals surface area contributed by atoms with Crippen LogP contribution in [0.3, 0.4) is 0 Å². The Hall–Kier alpha value is -2.69. The standard InChI is InChI=1S/C15H13FN2O2/c1-10(11-5-4-6-12(16)9-11)17-18-14-8-3-2-7-13(14)15(19)20/h2-9,18H,1H3,(H,19,20)/b17-10+. The molecule has 0 radical (unpaired) electrons. The number of anilines is 1. The minimum atomic E-state index is -1.04. The highest BCUT2D eigenvalue weighted by atomic mass is 19.1. The fourth-order valence-electron chi connectivity index (χ4n) is 1.69. The van der Waals surface area contributed by atoms with Gasteiger partial charge in [-0.2, -0.15) is 5.10 Å². The maximum atomic E-state index is 13.1. The van der Waals surface area contributed by atoms with Crippen molar-refractivity contribution in [3.05, 3.63) is 65.5 Å². The van der Waals surface area contributed by atoms with Crippen LogP contribution < -0.4 is 5.43 Å². The first-order valence-corrected chi connectivity index (χ1v) is 5.96. The molecule has 0 fully saturated rings. The Morgan fingerprint density at radius 2 is 1.95 bits per heavy atom. The third-order valence-corrected chi connectivity index (χ3v) is 2.74. The van der Waals surface area contributed by atoms with Gasteiger partial charge in [-0.1, -0.05) is 24.3 Å². The number of rotatable bonds is 4. The summed E-state index contributed by atoms with van der Waals surface area (Å²) >= 11 is 0. The largest absolute Gasteiger partial charge is 0.478 e. The Bertz CT molecular complexity index is 668. The molecule has 0 atom stereocenters. The minimum Gasteiger partial charge on any atom is -0.478 e. The number of hydrogen-bond donors (Lipinski definition) is 2. The molecular weight excluding hydrogens is 259 g/mol. The van der Waals surface area contributed by atoms with Gasteiger partial charge in [0, 0.05) is 5.56 Å². The van der Waals surface area contributed by atoms with Gasteiger partial charge >= 0.3 is 5.97 Å². The molecule has 0 spiro atoms. The van der Waals surface area contributed by atoms with Gasteiger partial charge < -0.3 is 5.11 Å². The van der Waals surface area contributed by atoms with E-state index in [4.69, 9.17) is 5.11 Å². The second kappa shape index (κ2) is 5.97. The maximum Gasteiger partial charge on any atom is 0.337 e. The highest BCUT2D eigenvalue weighted by molar-refractivity contribution is 5.99. The van der Waals surface area contributed by atoms with Crippen molar-refractivity contribution in [2.45, 2.75) is 6.92 Å². The lowest BCUT2D eigenvalue weighted by Gasteiger charge is -2.06. The first-order chi connectivity index (χ1) is 9.58. The van der Waals surface area contributed by atoms with Crippen LogP contribution in [0.1, 0.15) is 22.8 Å². The molecule has 0 aromatic heterocycles. The lowest BCUT2D eigenvalue weighted by molar-refractivity contribution is 0.0698. The van der Waals surface area contributed by atoms with Crippen LogP contribution in [0.4, 0.5) is 10.1 Å². The Balaban J connectivity index is 2.23. The number of hydrazone groups is 1. The smallest absolute Gasteiger partial charge is 0.337 e. The van der Waals surface area contributed by atoms with Gasteiger partial charge in [-0.15, -0.1) is 0 Å². The highest BCUT2D eigenvalue weighted by Crippen LogP contribution is 2.15. The minimum absolute atomic E-state index is 0.128. The van der Waals surface area contributed by atoms with E-state index in [-0.39, 0.29) is 11.4 Å². The molecule has 2 rings (SSSR count). The summed E-state index contributed by atoms with van der Waals surface area (Å²) < 4.78 is 13.1. The average Bonchev–Trinajstić information content (AvgIpc) is 2.45. The molecule has 2 N–H and O–H groups in total. The van der Waals surface area contributed by atoms with Crippen LogP contribution in [0.5, 0.6) is 0 Å². The number of benzene rings is 2. The molecule has 102 valence electrons. The molecule has 0 bridgehead atoms. The van der Waals surface area contributed by atoms with E-state index in [2.05, 4.69) is 10.5 Å². The molecule has 5 heteroatoms. The first-order valence-electron chi connectivity index (χ1n) is 5.96. The van der Waals surface area contributed by atoms with E-state index in [9.17, 15) is 9.18 Å². The summed E-state index contributed by atoms with van der Waals surface area (Å²) in [7, 11) is 0.